The molecule has 3 N–H and O–H groups in total. The van der Waals surface area contributed by atoms with Crippen molar-refractivity contribution in [1.82, 2.24) is 14.9 Å². The van der Waals surface area contributed by atoms with Crippen molar-refractivity contribution < 1.29 is 9.90 Å². The summed E-state index contributed by atoms with van der Waals surface area (Å²) >= 11 is 12.8. The van der Waals surface area contributed by atoms with E-state index in [1.54, 1.807) is 18.2 Å². The van der Waals surface area contributed by atoms with E-state index in [0.29, 0.717) is 26.6 Å². The van der Waals surface area contributed by atoms with Crippen LogP contribution < -0.4 is 5.84 Å². The van der Waals surface area contributed by atoms with Crippen LogP contribution >= 0.6 is 35.0 Å². The first-order chi connectivity index (χ1) is 8.99. The SMILES string of the molecule is Nn1c(SCC(=O)O)nnc1-c1ccc(Cl)cc1Cl. The number of rotatable bonds is 4. The maximum atomic E-state index is 10.5. The standard InChI is InChI=1S/C10H8Cl2N4O2S/c11-5-1-2-6(7(12)3-5)9-14-15-10(16(9)13)19-4-8(17)18/h1-3H,4,13H2,(H,17,18). The quantitative estimate of drug-likeness (QED) is 0.662. The molecule has 0 atom stereocenters. The minimum absolute atomic E-state index is 0.149. The summed E-state index contributed by atoms with van der Waals surface area (Å²) in [4.78, 5) is 10.5. The van der Waals surface area contributed by atoms with Gasteiger partial charge in [-0.15, -0.1) is 10.2 Å². The third-order valence-corrected chi connectivity index (χ3v) is 3.64. The zero-order valence-corrected chi connectivity index (χ0v) is 11.7. The van der Waals surface area contributed by atoms with Crippen LogP contribution in [0.15, 0.2) is 23.4 Å². The Morgan fingerprint density at radius 2 is 2.16 bits per heavy atom. The normalized spacial score (nSPS) is 10.6. The summed E-state index contributed by atoms with van der Waals surface area (Å²) in [6.07, 6.45) is 0. The van der Waals surface area contributed by atoms with E-state index in [9.17, 15) is 4.79 Å². The van der Waals surface area contributed by atoms with Crippen LogP contribution in [0.2, 0.25) is 10.0 Å². The third kappa shape index (κ3) is 3.12. The molecule has 0 spiro atoms. The molecule has 1 aromatic heterocycles. The van der Waals surface area contributed by atoms with Crippen LogP contribution in [0.25, 0.3) is 11.4 Å². The summed E-state index contributed by atoms with van der Waals surface area (Å²) in [5.41, 5.74) is 0.572. The summed E-state index contributed by atoms with van der Waals surface area (Å²) in [6, 6.07) is 4.89. The second-order valence-electron chi connectivity index (χ2n) is 3.48. The van der Waals surface area contributed by atoms with Crippen LogP contribution in [0.1, 0.15) is 0 Å². The summed E-state index contributed by atoms with van der Waals surface area (Å²) < 4.78 is 1.20. The lowest BCUT2D eigenvalue weighted by atomic mass is 10.2. The molecule has 1 aromatic carbocycles. The number of thioether (sulfide) groups is 1. The minimum Gasteiger partial charge on any atom is -0.481 e. The lowest BCUT2D eigenvalue weighted by Crippen LogP contribution is -2.12. The number of carboxylic acid groups (broad SMARTS) is 1. The van der Waals surface area contributed by atoms with Gasteiger partial charge in [0.2, 0.25) is 5.16 Å². The van der Waals surface area contributed by atoms with Gasteiger partial charge in [-0.3, -0.25) is 4.79 Å². The molecule has 0 aliphatic heterocycles. The Morgan fingerprint density at radius 1 is 1.42 bits per heavy atom. The number of nitrogen functional groups attached to an aromatic ring is 1. The van der Waals surface area contributed by atoms with E-state index in [4.69, 9.17) is 34.2 Å². The fourth-order valence-corrected chi connectivity index (χ4v) is 2.43. The number of carbonyl (C=O) groups is 1. The average Bonchev–Trinajstić information content (AvgIpc) is 2.68. The maximum Gasteiger partial charge on any atom is 0.313 e. The molecule has 0 aliphatic carbocycles. The van der Waals surface area contributed by atoms with Crippen molar-refractivity contribution in [2.75, 3.05) is 11.6 Å². The highest BCUT2D eigenvalue weighted by atomic mass is 35.5. The number of hydrogen-bond donors (Lipinski definition) is 2. The zero-order valence-electron chi connectivity index (χ0n) is 9.38. The van der Waals surface area contributed by atoms with E-state index < -0.39 is 5.97 Å². The Bertz CT molecular complexity index is 632. The van der Waals surface area contributed by atoms with Crippen molar-refractivity contribution in [3.63, 3.8) is 0 Å². The molecular weight excluding hydrogens is 311 g/mol. The molecule has 0 saturated heterocycles. The third-order valence-electron chi connectivity index (χ3n) is 2.16. The van der Waals surface area contributed by atoms with Gasteiger partial charge in [0.15, 0.2) is 5.82 Å². The molecule has 0 amide bonds. The number of carboxylic acids is 1. The molecule has 0 unspecified atom stereocenters. The van der Waals surface area contributed by atoms with E-state index in [1.165, 1.54) is 4.68 Å². The number of aromatic nitrogens is 3. The molecule has 6 nitrogen and oxygen atoms in total. The van der Waals surface area contributed by atoms with Crippen molar-refractivity contribution in [3.8, 4) is 11.4 Å². The largest absolute Gasteiger partial charge is 0.481 e. The summed E-state index contributed by atoms with van der Waals surface area (Å²) in [5, 5.41) is 17.5. The number of nitrogens with zero attached hydrogens (tertiary/aromatic N) is 3. The Labute approximate surface area is 122 Å². The Kier molecular flexibility index (Phi) is 4.18. The fourth-order valence-electron chi connectivity index (χ4n) is 1.36. The lowest BCUT2D eigenvalue weighted by molar-refractivity contribution is -0.133. The number of benzene rings is 1. The van der Waals surface area contributed by atoms with Gasteiger partial charge in [0, 0.05) is 10.6 Å². The van der Waals surface area contributed by atoms with Crippen LogP contribution in [0.4, 0.5) is 0 Å². The van der Waals surface area contributed by atoms with Gasteiger partial charge < -0.3 is 10.9 Å². The monoisotopic (exact) mass is 318 g/mol. The van der Waals surface area contributed by atoms with Crippen LogP contribution in [0.3, 0.4) is 0 Å². The minimum atomic E-state index is -0.959. The van der Waals surface area contributed by atoms with Crippen molar-refractivity contribution in [2.45, 2.75) is 5.16 Å². The highest BCUT2D eigenvalue weighted by molar-refractivity contribution is 7.99. The van der Waals surface area contributed by atoms with E-state index >= 15 is 0 Å². The molecule has 2 rings (SSSR count). The second kappa shape index (κ2) is 5.68. The van der Waals surface area contributed by atoms with Gasteiger partial charge >= 0.3 is 5.97 Å². The first-order valence-corrected chi connectivity index (χ1v) is 6.73. The van der Waals surface area contributed by atoms with Gasteiger partial charge in [0.1, 0.15) is 0 Å². The average molecular weight is 319 g/mol. The van der Waals surface area contributed by atoms with Crippen LogP contribution in [0, 0.1) is 0 Å². The molecule has 1 heterocycles. The molecule has 100 valence electrons. The van der Waals surface area contributed by atoms with Gasteiger partial charge in [-0.25, -0.2) is 4.68 Å². The van der Waals surface area contributed by atoms with Crippen molar-refractivity contribution in [2.24, 2.45) is 0 Å². The van der Waals surface area contributed by atoms with E-state index in [0.717, 1.165) is 11.8 Å². The van der Waals surface area contributed by atoms with Gasteiger partial charge in [-0.05, 0) is 18.2 Å². The van der Waals surface area contributed by atoms with Gasteiger partial charge in [0.25, 0.3) is 0 Å². The molecule has 0 aliphatic rings. The second-order valence-corrected chi connectivity index (χ2v) is 5.27. The molecule has 19 heavy (non-hydrogen) atoms. The van der Waals surface area contributed by atoms with Crippen LogP contribution in [-0.2, 0) is 4.79 Å². The molecule has 0 fully saturated rings. The first kappa shape index (κ1) is 14.0. The number of halogens is 2. The molecule has 0 bridgehead atoms. The highest BCUT2D eigenvalue weighted by Crippen LogP contribution is 2.30. The molecule has 0 radical (unpaired) electrons. The molecule has 9 heteroatoms. The van der Waals surface area contributed by atoms with Crippen LogP contribution in [-0.4, -0.2) is 31.7 Å². The maximum absolute atomic E-state index is 10.5. The summed E-state index contributed by atoms with van der Waals surface area (Å²) in [6.45, 7) is 0. The topological polar surface area (TPSA) is 94.0 Å². The highest BCUT2D eigenvalue weighted by Gasteiger charge is 2.15. The van der Waals surface area contributed by atoms with Crippen molar-refractivity contribution in [1.29, 1.82) is 0 Å². The van der Waals surface area contributed by atoms with Gasteiger partial charge in [0.05, 0.1) is 10.8 Å². The number of hydrogen-bond acceptors (Lipinski definition) is 5. The van der Waals surface area contributed by atoms with Gasteiger partial charge in [-0.2, -0.15) is 0 Å². The predicted octanol–water partition coefficient (Wildman–Crippen LogP) is 2.14. The molecule has 2 aromatic rings. The number of nitrogens with two attached hydrogens (primary N) is 1. The number of aliphatic carboxylic acids is 1. The smallest absolute Gasteiger partial charge is 0.313 e. The van der Waals surface area contributed by atoms with Crippen molar-refractivity contribution in [3.05, 3.63) is 28.2 Å². The van der Waals surface area contributed by atoms with Crippen molar-refractivity contribution >= 4 is 40.9 Å². The van der Waals surface area contributed by atoms with E-state index in [2.05, 4.69) is 10.2 Å². The van der Waals surface area contributed by atoms with E-state index in [1.807, 2.05) is 0 Å². The molecular formula is C10H8Cl2N4O2S. The predicted molar refractivity (Wildman–Crippen MR) is 74.0 cm³/mol. The van der Waals surface area contributed by atoms with E-state index in [-0.39, 0.29) is 5.75 Å². The Balaban J connectivity index is 2.33. The van der Waals surface area contributed by atoms with Crippen LogP contribution in [0.5, 0.6) is 0 Å². The van der Waals surface area contributed by atoms with Gasteiger partial charge in [-0.1, -0.05) is 35.0 Å². The molecule has 0 saturated carbocycles. The Hall–Kier alpha value is -1.44. The first-order valence-electron chi connectivity index (χ1n) is 4.99. The fraction of sp³-hybridized carbons (Fsp3) is 0.100. The zero-order chi connectivity index (χ0) is 14.0. The summed E-state index contributed by atoms with van der Waals surface area (Å²) in [5.74, 6) is 5.05. The Morgan fingerprint density at radius 3 is 2.79 bits per heavy atom. The summed E-state index contributed by atoms with van der Waals surface area (Å²) in [7, 11) is 0. The lowest BCUT2D eigenvalue weighted by Gasteiger charge is -2.05.